The minimum Gasteiger partial charge on any atom is -0.468 e. The van der Waals surface area contributed by atoms with Crippen molar-refractivity contribution in [1.82, 2.24) is 0 Å². The predicted octanol–water partition coefficient (Wildman–Crippen LogP) is 5.51. The fourth-order valence-corrected chi connectivity index (χ4v) is 6.43. The highest BCUT2D eigenvalue weighted by molar-refractivity contribution is 7.10. The molecule has 3 aromatic rings. The van der Waals surface area contributed by atoms with Crippen molar-refractivity contribution >= 4 is 34.7 Å². The molecule has 0 bridgehead atoms. The number of esters is 2. The normalized spacial score (nSPS) is 21.0. The Bertz CT molecular complexity index is 1550. The fraction of sp³-hybridized carbons (Fsp3) is 0.233. The number of allylic oxidation sites excluding steroid dienone is 2. The van der Waals surface area contributed by atoms with Gasteiger partial charge in [-0.15, -0.1) is 11.3 Å². The second-order valence-electron chi connectivity index (χ2n) is 9.57. The van der Waals surface area contributed by atoms with E-state index in [0.717, 1.165) is 12.1 Å². The van der Waals surface area contributed by atoms with E-state index in [1.165, 1.54) is 42.6 Å². The molecule has 2 N–H and O–H groups in total. The van der Waals surface area contributed by atoms with Crippen LogP contribution in [0.5, 0.6) is 0 Å². The Kier molecular flexibility index (Phi) is 7.48. The van der Waals surface area contributed by atoms with Crippen molar-refractivity contribution in [3.8, 4) is 0 Å². The van der Waals surface area contributed by atoms with Gasteiger partial charge in [0.25, 0.3) is 0 Å². The van der Waals surface area contributed by atoms with Gasteiger partial charge >= 0.3 is 18.1 Å². The zero-order valence-corrected chi connectivity index (χ0v) is 22.8. The van der Waals surface area contributed by atoms with E-state index in [9.17, 15) is 27.6 Å². The van der Waals surface area contributed by atoms with Crippen molar-refractivity contribution in [1.29, 1.82) is 0 Å². The van der Waals surface area contributed by atoms with Crippen molar-refractivity contribution in [3.63, 3.8) is 0 Å². The number of Topliss-reactive ketones (excluding diaryl/α,β-unsaturated/α-hetero) is 1. The first-order valence-corrected chi connectivity index (χ1v) is 13.4. The molecule has 0 unspecified atom stereocenters. The molecule has 2 aromatic carbocycles. The largest absolute Gasteiger partial charge is 0.468 e. The molecular formula is C30H25F3N2O5S. The summed E-state index contributed by atoms with van der Waals surface area (Å²) in [4.78, 5) is 42.8. The maximum absolute atomic E-state index is 14.4. The SMILES string of the molecule is COC(=O)C1=C(N)N(c2ccc(C(F)(F)F)cc2)C2=C(C(=O)[C@H](C(=O)OC)[C@H](c3ccccc3)C2)[C@@H]1c1cccs1. The number of hydrogen-bond acceptors (Lipinski definition) is 8. The first-order valence-electron chi connectivity index (χ1n) is 12.6. The summed E-state index contributed by atoms with van der Waals surface area (Å²) < 4.78 is 50.2. The first-order chi connectivity index (χ1) is 19.6. The van der Waals surface area contributed by atoms with Gasteiger partial charge < -0.3 is 15.2 Å². The fourth-order valence-electron chi connectivity index (χ4n) is 5.58. The van der Waals surface area contributed by atoms with Crippen molar-refractivity contribution < 1.29 is 37.0 Å². The third-order valence-electron chi connectivity index (χ3n) is 7.41. The number of benzene rings is 2. The van der Waals surface area contributed by atoms with E-state index >= 15 is 0 Å². The van der Waals surface area contributed by atoms with Crippen molar-refractivity contribution in [2.45, 2.75) is 24.4 Å². The van der Waals surface area contributed by atoms with Gasteiger partial charge in [0.05, 0.1) is 31.3 Å². The van der Waals surface area contributed by atoms with Gasteiger partial charge in [0.2, 0.25) is 0 Å². The summed E-state index contributed by atoms with van der Waals surface area (Å²) in [5.41, 5.74) is 7.18. The molecule has 0 fully saturated rings. The molecule has 0 spiro atoms. The lowest BCUT2D eigenvalue weighted by molar-refractivity contribution is -0.150. The molecule has 1 aliphatic heterocycles. The lowest BCUT2D eigenvalue weighted by Crippen LogP contribution is -2.46. The van der Waals surface area contributed by atoms with Crippen LogP contribution in [0.25, 0.3) is 0 Å². The van der Waals surface area contributed by atoms with E-state index in [2.05, 4.69) is 0 Å². The molecule has 0 amide bonds. The Hall–Kier alpha value is -4.38. The smallest absolute Gasteiger partial charge is 0.416 e. The number of carbonyl (C=O) groups is 3. The highest BCUT2D eigenvalue weighted by Gasteiger charge is 2.51. The highest BCUT2D eigenvalue weighted by atomic mass is 32.1. The summed E-state index contributed by atoms with van der Waals surface area (Å²) in [7, 11) is 2.37. The third-order valence-corrected chi connectivity index (χ3v) is 8.34. The van der Waals surface area contributed by atoms with Crippen molar-refractivity contribution in [3.05, 3.63) is 111 Å². The van der Waals surface area contributed by atoms with Gasteiger partial charge in [-0.05, 0) is 47.7 Å². The number of ketones is 1. The summed E-state index contributed by atoms with van der Waals surface area (Å²) in [5, 5.41) is 1.78. The molecule has 5 rings (SSSR count). The van der Waals surface area contributed by atoms with E-state index in [-0.39, 0.29) is 29.1 Å². The maximum atomic E-state index is 14.4. The van der Waals surface area contributed by atoms with Crippen molar-refractivity contribution in [2.24, 2.45) is 11.7 Å². The summed E-state index contributed by atoms with van der Waals surface area (Å²) >= 11 is 1.29. The zero-order chi connectivity index (χ0) is 29.5. The Labute approximate surface area is 237 Å². The average Bonchev–Trinajstić information content (AvgIpc) is 3.50. The number of carbonyl (C=O) groups excluding carboxylic acids is 3. The molecule has 2 aliphatic rings. The molecule has 11 heteroatoms. The Morgan fingerprint density at radius 3 is 2.22 bits per heavy atom. The van der Waals surface area contributed by atoms with Crippen LogP contribution in [0.3, 0.4) is 0 Å². The number of halogens is 3. The third kappa shape index (κ3) is 4.90. The van der Waals surface area contributed by atoms with Crippen LogP contribution in [0.1, 0.15) is 34.3 Å². The van der Waals surface area contributed by atoms with Gasteiger partial charge in [0.15, 0.2) is 5.78 Å². The molecule has 0 saturated carbocycles. The highest BCUT2D eigenvalue weighted by Crippen LogP contribution is 2.52. The number of rotatable bonds is 5. The minimum absolute atomic E-state index is 0.0521. The van der Waals surface area contributed by atoms with Crippen LogP contribution >= 0.6 is 11.3 Å². The Morgan fingerprint density at radius 1 is 0.976 bits per heavy atom. The molecule has 41 heavy (non-hydrogen) atoms. The molecule has 1 aromatic heterocycles. The summed E-state index contributed by atoms with van der Waals surface area (Å²) in [5.74, 6) is -5.03. The molecule has 212 valence electrons. The zero-order valence-electron chi connectivity index (χ0n) is 22.0. The van der Waals surface area contributed by atoms with E-state index in [4.69, 9.17) is 15.2 Å². The molecule has 2 heterocycles. The quantitative estimate of drug-likeness (QED) is 0.313. The number of nitrogens with two attached hydrogens (primary N) is 1. The molecule has 0 radical (unpaired) electrons. The minimum atomic E-state index is -4.57. The van der Waals surface area contributed by atoms with Gasteiger partial charge in [-0.2, -0.15) is 13.2 Å². The monoisotopic (exact) mass is 582 g/mol. The number of alkyl halides is 3. The van der Waals surface area contributed by atoms with E-state index in [1.54, 1.807) is 47.8 Å². The number of methoxy groups -OCH3 is 2. The molecular weight excluding hydrogens is 557 g/mol. The number of ether oxygens (including phenoxy) is 2. The first kappa shape index (κ1) is 28.2. The van der Waals surface area contributed by atoms with E-state index in [0.29, 0.717) is 16.1 Å². The predicted molar refractivity (Wildman–Crippen MR) is 146 cm³/mol. The second kappa shape index (κ2) is 10.9. The second-order valence-corrected chi connectivity index (χ2v) is 10.5. The van der Waals surface area contributed by atoms with E-state index < -0.39 is 47.2 Å². The van der Waals surface area contributed by atoms with Gasteiger partial charge in [0.1, 0.15) is 11.7 Å². The van der Waals surface area contributed by atoms with Crippen LogP contribution in [-0.2, 0) is 30.0 Å². The Balaban J connectivity index is 1.79. The standard InChI is InChI=1S/C30H25F3N2O5S/c1-39-28(37)22-19(16-7-4-3-5-8-16)15-20-23(26(22)36)24(21-9-6-14-41-21)25(29(38)40-2)27(34)35(20)18-12-10-17(11-13-18)30(31,32)33/h3-14,19,22,24H,15,34H2,1-2H3/t19-,22+,24-/m0/s1. The van der Waals surface area contributed by atoms with Crippen LogP contribution in [0.15, 0.2) is 94.8 Å². The maximum Gasteiger partial charge on any atom is 0.416 e. The van der Waals surface area contributed by atoms with Crippen LogP contribution in [0.4, 0.5) is 18.9 Å². The van der Waals surface area contributed by atoms with Gasteiger partial charge in [0, 0.05) is 27.8 Å². The molecule has 3 atom stereocenters. The van der Waals surface area contributed by atoms with Crippen LogP contribution in [0, 0.1) is 5.92 Å². The summed E-state index contributed by atoms with van der Waals surface area (Å²) in [6, 6.07) is 16.7. The molecule has 7 nitrogen and oxygen atoms in total. The summed E-state index contributed by atoms with van der Waals surface area (Å²) in [6.45, 7) is 0. The van der Waals surface area contributed by atoms with Crippen LogP contribution < -0.4 is 10.6 Å². The van der Waals surface area contributed by atoms with Crippen molar-refractivity contribution in [2.75, 3.05) is 19.1 Å². The molecule has 0 saturated heterocycles. The number of anilines is 1. The van der Waals surface area contributed by atoms with E-state index in [1.807, 2.05) is 0 Å². The van der Waals surface area contributed by atoms with Gasteiger partial charge in [-0.1, -0.05) is 36.4 Å². The molecule has 1 aliphatic carbocycles. The lowest BCUT2D eigenvalue weighted by Gasteiger charge is -2.43. The van der Waals surface area contributed by atoms with Gasteiger partial charge in [-0.3, -0.25) is 14.5 Å². The van der Waals surface area contributed by atoms with Crippen LogP contribution in [-0.4, -0.2) is 31.9 Å². The Morgan fingerprint density at radius 2 is 1.66 bits per heavy atom. The lowest BCUT2D eigenvalue weighted by atomic mass is 9.68. The van der Waals surface area contributed by atoms with Crippen LogP contribution in [0.2, 0.25) is 0 Å². The number of hydrogen-bond donors (Lipinski definition) is 1. The average molecular weight is 583 g/mol. The number of nitrogens with zero attached hydrogens (tertiary/aromatic N) is 1. The number of thiophene rings is 1. The topological polar surface area (TPSA) is 98.9 Å². The summed E-state index contributed by atoms with van der Waals surface area (Å²) in [6.07, 6.45) is -4.45. The van der Waals surface area contributed by atoms with Gasteiger partial charge in [-0.25, -0.2) is 4.79 Å².